The van der Waals surface area contributed by atoms with E-state index in [4.69, 9.17) is 11.6 Å². The van der Waals surface area contributed by atoms with Gasteiger partial charge in [-0.3, -0.25) is 9.89 Å². The number of carbonyl (C=O) groups excluding carboxylic acids is 1. The van der Waals surface area contributed by atoms with Crippen molar-refractivity contribution in [3.8, 4) is 11.3 Å². The number of amides is 1. The van der Waals surface area contributed by atoms with E-state index in [1.165, 1.54) is 6.21 Å². The van der Waals surface area contributed by atoms with Crippen molar-refractivity contribution >= 4 is 39.7 Å². The molecule has 24 heavy (non-hydrogen) atoms. The van der Waals surface area contributed by atoms with Crippen molar-refractivity contribution in [2.24, 2.45) is 5.10 Å². The molecule has 0 unspecified atom stereocenters. The second kappa shape index (κ2) is 7.42. The second-order valence-corrected chi connectivity index (χ2v) is 6.22. The van der Waals surface area contributed by atoms with E-state index in [0.29, 0.717) is 16.4 Å². The van der Waals surface area contributed by atoms with Crippen molar-refractivity contribution < 1.29 is 4.79 Å². The van der Waals surface area contributed by atoms with Gasteiger partial charge in [-0.15, -0.1) is 0 Å². The number of benzene rings is 2. The molecule has 0 aliphatic carbocycles. The Bertz CT molecular complexity index is 890. The number of halogens is 2. The topological polar surface area (TPSA) is 70.1 Å². The molecule has 1 heterocycles. The van der Waals surface area contributed by atoms with Crippen LogP contribution in [0.15, 0.2) is 64.2 Å². The zero-order chi connectivity index (χ0) is 16.9. The molecule has 2 N–H and O–H groups in total. The highest BCUT2D eigenvalue weighted by molar-refractivity contribution is 9.10. The molecule has 0 spiro atoms. The number of carbonyl (C=O) groups is 1. The van der Waals surface area contributed by atoms with E-state index >= 15 is 0 Å². The third-order valence-corrected chi connectivity index (χ3v) is 4.11. The van der Waals surface area contributed by atoms with Gasteiger partial charge in [0, 0.05) is 20.6 Å². The Morgan fingerprint density at radius 1 is 1.21 bits per heavy atom. The number of hydrazone groups is 1. The van der Waals surface area contributed by atoms with E-state index in [-0.39, 0.29) is 5.91 Å². The summed E-state index contributed by atoms with van der Waals surface area (Å²) in [6.07, 6.45) is 1.49. The molecule has 1 amide bonds. The maximum Gasteiger partial charge on any atom is 0.289 e. The molecule has 0 saturated carbocycles. The number of hydrogen-bond acceptors (Lipinski definition) is 3. The lowest BCUT2D eigenvalue weighted by atomic mass is 10.1. The van der Waals surface area contributed by atoms with E-state index in [1.807, 2.05) is 36.4 Å². The molecule has 0 bridgehead atoms. The van der Waals surface area contributed by atoms with Gasteiger partial charge in [0.05, 0.1) is 11.9 Å². The first kappa shape index (κ1) is 16.4. The van der Waals surface area contributed by atoms with Crippen molar-refractivity contribution in [3.63, 3.8) is 0 Å². The molecule has 0 saturated heterocycles. The molecule has 0 fully saturated rings. The van der Waals surface area contributed by atoms with Crippen LogP contribution in [-0.4, -0.2) is 22.3 Å². The van der Waals surface area contributed by atoms with Gasteiger partial charge in [-0.25, -0.2) is 5.43 Å². The van der Waals surface area contributed by atoms with E-state index in [9.17, 15) is 4.79 Å². The van der Waals surface area contributed by atoms with Crippen LogP contribution in [-0.2, 0) is 0 Å². The average Bonchev–Trinajstić information content (AvgIpc) is 3.07. The van der Waals surface area contributed by atoms with Crippen molar-refractivity contribution in [2.45, 2.75) is 0 Å². The molecule has 120 valence electrons. The number of rotatable bonds is 4. The summed E-state index contributed by atoms with van der Waals surface area (Å²) in [5.41, 5.74) is 5.08. The Hall–Kier alpha value is -2.44. The SMILES string of the molecule is O=C(NN=Cc1ccccc1Cl)c1cc(-c2ccc(Br)cc2)n[nH]1. The van der Waals surface area contributed by atoms with E-state index in [0.717, 1.165) is 15.6 Å². The maximum atomic E-state index is 12.1. The minimum absolute atomic E-state index is 0.323. The number of aromatic amines is 1. The van der Waals surface area contributed by atoms with Crippen molar-refractivity contribution in [1.82, 2.24) is 15.6 Å². The quantitative estimate of drug-likeness (QED) is 0.505. The van der Waals surface area contributed by atoms with Crippen LogP contribution in [0.5, 0.6) is 0 Å². The zero-order valence-corrected chi connectivity index (χ0v) is 14.7. The highest BCUT2D eigenvalue weighted by Crippen LogP contribution is 2.20. The minimum Gasteiger partial charge on any atom is -0.272 e. The summed E-state index contributed by atoms with van der Waals surface area (Å²) >= 11 is 9.40. The van der Waals surface area contributed by atoms with Gasteiger partial charge in [-0.2, -0.15) is 10.2 Å². The normalized spacial score (nSPS) is 10.9. The van der Waals surface area contributed by atoms with Gasteiger partial charge in [-0.05, 0) is 24.3 Å². The van der Waals surface area contributed by atoms with Crippen LogP contribution >= 0.6 is 27.5 Å². The molecule has 3 rings (SSSR count). The van der Waals surface area contributed by atoms with Crippen LogP contribution in [0.3, 0.4) is 0 Å². The monoisotopic (exact) mass is 402 g/mol. The molecular formula is C17H12BrClN4O. The molecule has 3 aromatic rings. The number of nitrogens with one attached hydrogen (secondary N) is 2. The maximum absolute atomic E-state index is 12.1. The van der Waals surface area contributed by atoms with Gasteiger partial charge in [0.25, 0.3) is 5.91 Å². The summed E-state index contributed by atoms with van der Waals surface area (Å²) in [5.74, 6) is -0.380. The van der Waals surface area contributed by atoms with Crippen LogP contribution in [0, 0.1) is 0 Å². The smallest absolute Gasteiger partial charge is 0.272 e. The van der Waals surface area contributed by atoms with Crippen molar-refractivity contribution in [3.05, 3.63) is 75.4 Å². The third-order valence-electron chi connectivity index (χ3n) is 3.24. The first-order valence-corrected chi connectivity index (χ1v) is 8.20. The lowest BCUT2D eigenvalue weighted by Gasteiger charge is -1.97. The van der Waals surface area contributed by atoms with Crippen LogP contribution in [0.4, 0.5) is 0 Å². The summed E-state index contributed by atoms with van der Waals surface area (Å²) < 4.78 is 0.980. The molecule has 0 radical (unpaired) electrons. The predicted molar refractivity (Wildman–Crippen MR) is 98.2 cm³/mol. The van der Waals surface area contributed by atoms with Gasteiger partial charge in [-0.1, -0.05) is 57.9 Å². The fourth-order valence-electron chi connectivity index (χ4n) is 2.01. The summed E-state index contributed by atoms with van der Waals surface area (Å²) in [5, 5.41) is 11.3. The Balaban J connectivity index is 1.68. The fourth-order valence-corrected chi connectivity index (χ4v) is 2.46. The van der Waals surface area contributed by atoms with Crippen LogP contribution in [0.2, 0.25) is 5.02 Å². The molecule has 5 nitrogen and oxygen atoms in total. The standard InChI is InChI=1S/C17H12BrClN4O/c18-13-7-5-11(6-8-13)15-9-16(22-21-15)17(24)23-20-10-12-3-1-2-4-14(12)19/h1-10H,(H,21,22)(H,23,24). The van der Waals surface area contributed by atoms with E-state index in [2.05, 4.69) is 36.7 Å². The van der Waals surface area contributed by atoms with Gasteiger partial charge < -0.3 is 0 Å². The number of H-pyrrole nitrogens is 1. The lowest BCUT2D eigenvalue weighted by molar-refractivity contribution is 0.0950. The summed E-state index contributed by atoms with van der Waals surface area (Å²) in [4.78, 5) is 12.1. The van der Waals surface area contributed by atoms with Gasteiger partial charge in [0.15, 0.2) is 0 Å². The highest BCUT2D eigenvalue weighted by atomic mass is 79.9. The van der Waals surface area contributed by atoms with E-state index < -0.39 is 0 Å². The van der Waals surface area contributed by atoms with Crippen molar-refractivity contribution in [2.75, 3.05) is 0 Å². The van der Waals surface area contributed by atoms with Gasteiger partial charge in [0.1, 0.15) is 5.69 Å². The van der Waals surface area contributed by atoms with Crippen LogP contribution < -0.4 is 5.43 Å². The first-order chi connectivity index (χ1) is 11.6. The van der Waals surface area contributed by atoms with Gasteiger partial charge >= 0.3 is 0 Å². The molecule has 7 heteroatoms. The number of nitrogens with zero attached hydrogens (tertiary/aromatic N) is 2. The molecule has 1 aromatic heterocycles. The number of aromatic nitrogens is 2. The van der Waals surface area contributed by atoms with E-state index in [1.54, 1.807) is 18.2 Å². The molecule has 0 aliphatic rings. The second-order valence-electron chi connectivity index (χ2n) is 4.89. The number of hydrogen-bond donors (Lipinski definition) is 2. The fraction of sp³-hybridized carbons (Fsp3) is 0. The zero-order valence-electron chi connectivity index (χ0n) is 12.3. The molecule has 0 atom stereocenters. The summed E-state index contributed by atoms with van der Waals surface area (Å²) in [7, 11) is 0. The molecule has 0 aliphatic heterocycles. The van der Waals surface area contributed by atoms with Gasteiger partial charge in [0.2, 0.25) is 0 Å². The van der Waals surface area contributed by atoms with Crippen LogP contribution in [0.25, 0.3) is 11.3 Å². The summed E-state index contributed by atoms with van der Waals surface area (Å²) in [6, 6.07) is 16.6. The molecular weight excluding hydrogens is 392 g/mol. The Morgan fingerprint density at radius 3 is 2.71 bits per heavy atom. The minimum atomic E-state index is -0.380. The first-order valence-electron chi connectivity index (χ1n) is 7.03. The summed E-state index contributed by atoms with van der Waals surface area (Å²) in [6.45, 7) is 0. The Labute approximate surface area is 151 Å². The highest BCUT2D eigenvalue weighted by Gasteiger charge is 2.10. The predicted octanol–water partition coefficient (Wildman–Crippen LogP) is 4.26. The molecule has 2 aromatic carbocycles. The Kier molecular flexibility index (Phi) is 5.08. The Morgan fingerprint density at radius 2 is 1.96 bits per heavy atom. The lowest BCUT2D eigenvalue weighted by Crippen LogP contribution is -2.18. The van der Waals surface area contributed by atoms with Crippen LogP contribution in [0.1, 0.15) is 16.1 Å². The third kappa shape index (κ3) is 3.90. The largest absolute Gasteiger partial charge is 0.289 e. The van der Waals surface area contributed by atoms with Crippen molar-refractivity contribution in [1.29, 1.82) is 0 Å². The average molecular weight is 404 g/mol.